The summed E-state index contributed by atoms with van der Waals surface area (Å²) >= 11 is 6.13. The predicted octanol–water partition coefficient (Wildman–Crippen LogP) is 3.34. The van der Waals surface area contributed by atoms with Crippen LogP contribution in [0.25, 0.3) is 5.65 Å². The van der Waals surface area contributed by atoms with Crippen molar-refractivity contribution in [2.24, 2.45) is 0 Å². The van der Waals surface area contributed by atoms with E-state index in [0.717, 1.165) is 30.9 Å². The molecule has 0 bridgehead atoms. The molecule has 0 aliphatic carbocycles. The second-order valence-electron chi connectivity index (χ2n) is 5.71. The van der Waals surface area contributed by atoms with Crippen LogP contribution in [0.15, 0.2) is 30.6 Å². The Bertz CT molecular complexity index is 784. The van der Waals surface area contributed by atoms with Gasteiger partial charge in [-0.25, -0.2) is 0 Å². The van der Waals surface area contributed by atoms with E-state index in [4.69, 9.17) is 11.6 Å². The second kappa shape index (κ2) is 6.91. The lowest BCUT2D eigenvalue weighted by atomic mass is 10.1. The fourth-order valence-corrected chi connectivity index (χ4v) is 2.61. The maximum Gasteiger partial charge on any atom is 0.201 e. The van der Waals surface area contributed by atoms with Gasteiger partial charge < -0.3 is 5.32 Å². The monoisotopic (exact) mass is 330 g/mol. The first-order chi connectivity index (χ1) is 11.1. The highest BCUT2D eigenvalue weighted by atomic mass is 35.5. The zero-order chi connectivity index (χ0) is 16.2. The van der Waals surface area contributed by atoms with Crippen LogP contribution in [-0.2, 0) is 6.42 Å². The number of rotatable bonds is 6. The van der Waals surface area contributed by atoms with Crippen LogP contribution in [0.3, 0.4) is 0 Å². The Labute approximate surface area is 139 Å². The van der Waals surface area contributed by atoms with Crippen molar-refractivity contribution < 1.29 is 0 Å². The van der Waals surface area contributed by atoms with Crippen molar-refractivity contribution in [3.05, 3.63) is 47.1 Å². The molecule has 0 aliphatic heterocycles. The number of halogens is 1. The number of hydrogen-bond donors (Lipinski definition) is 1. The number of aromatic nitrogens is 5. The third-order valence-electron chi connectivity index (χ3n) is 3.59. The normalized spacial score (nSPS) is 11.3. The molecule has 0 saturated carbocycles. The summed E-state index contributed by atoms with van der Waals surface area (Å²) in [5, 5.41) is 16.6. The van der Waals surface area contributed by atoms with Gasteiger partial charge in [0.2, 0.25) is 5.65 Å². The molecule has 23 heavy (non-hydrogen) atoms. The Kier molecular flexibility index (Phi) is 4.71. The van der Waals surface area contributed by atoms with Crippen LogP contribution in [-0.4, -0.2) is 31.3 Å². The van der Waals surface area contributed by atoms with Gasteiger partial charge in [-0.05, 0) is 30.5 Å². The number of nitrogens with one attached hydrogen (secondary N) is 1. The standard InChI is InChI=1S/C16H19ClN6/c1-11(2)15-20-21-16-13(10-14(17)22-23(15)16)19-7-3-4-12-5-8-18-9-6-12/h5-6,8-11,19H,3-4,7H2,1-2H3. The highest BCUT2D eigenvalue weighted by Crippen LogP contribution is 2.22. The van der Waals surface area contributed by atoms with Crippen LogP contribution in [0, 0.1) is 0 Å². The van der Waals surface area contributed by atoms with Crippen molar-refractivity contribution >= 4 is 22.9 Å². The number of nitrogens with zero attached hydrogens (tertiary/aromatic N) is 5. The average molecular weight is 331 g/mol. The first-order valence-corrected chi connectivity index (χ1v) is 8.07. The van der Waals surface area contributed by atoms with Gasteiger partial charge in [-0.1, -0.05) is 25.4 Å². The quantitative estimate of drug-likeness (QED) is 0.702. The van der Waals surface area contributed by atoms with Crippen LogP contribution in [0.2, 0.25) is 5.15 Å². The average Bonchev–Trinajstić information content (AvgIpc) is 2.96. The molecule has 0 radical (unpaired) electrons. The minimum atomic E-state index is 0.232. The summed E-state index contributed by atoms with van der Waals surface area (Å²) < 4.78 is 1.72. The van der Waals surface area contributed by atoms with Crippen molar-refractivity contribution in [1.29, 1.82) is 0 Å². The van der Waals surface area contributed by atoms with Gasteiger partial charge in [0.25, 0.3) is 0 Å². The predicted molar refractivity (Wildman–Crippen MR) is 90.9 cm³/mol. The third-order valence-corrected chi connectivity index (χ3v) is 3.77. The molecular formula is C16H19ClN6. The summed E-state index contributed by atoms with van der Waals surface area (Å²) in [5.41, 5.74) is 2.85. The number of aryl methyl sites for hydroxylation is 1. The Hall–Kier alpha value is -2.21. The van der Waals surface area contributed by atoms with E-state index < -0.39 is 0 Å². The number of fused-ring (bicyclic) bond motifs is 1. The second-order valence-corrected chi connectivity index (χ2v) is 6.10. The van der Waals surface area contributed by atoms with E-state index >= 15 is 0 Å². The smallest absolute Gasteiger partial charge is 0.201 e. The van der Waals surface area contributed by atoms with Gasteiger partial charge in [-0.2, -0.15) is 9.61 Å². The number of pyridine rings is 1. The van der Waals surface area contributed by atoms with E-state index in [2.05, 4.69) is 39.4 Å². The van der Waals surface area contributed by atoms with Gasteiger partial charge in [-0.3, -0.25) is 4.98 Å². The minimum Gasteiger partial charge on any atom is -0.382 e. The van der Waals surface area contributed by atoms with E-state index in [1.54, 1.807) is 10.6 Å². The van der Waals surface area contributed by atoms with Crippen molar-refractivity contribution in [3.63, 3.8) is 0 Å². The van der Waals surface area contributed by atoms with E-state index in [9.17, 15) is 0 Å². The van der Waals surface area contributed by atoms with Gasteiger partial charge in [0.05, 0.1) is 5.69 Å². The van der Waals surface area contributed by atoms with E-state index in [0.29, 0.717) is 10.8 Å². The molecule has 0 amide bonds. The van der Waals surface area contributed by atoms with Crippen LogP contribution in [0.4, 0.5) is 5.69 Å². The Morgan fingerprint density at radius 1 is 1.22 bits per heavy atom. The molecule has 1 N–H and O–H groups in total. The molecule has 0 saturated heterocycles. The molecule has 0 spiro atoms. The molecule has 3 aromatic rings. The Morgan fingerprint density at radius 3 is 2.74 bits per heavy atom. The Balaban J connectivity index is 1.70. The molecule has 3 rings (SSSR count). The highest BCUT2D eigenvalue weighted by Gasteiger charge is 2.14. The molecular weight excluding hydrogens is 312 g/mol. The minimum absolute atomic E-state index is 0.232. The van der Waals surface area contributed by atoms with Crippen LogP contribution < -0.4 is 5.32 Å². The van der Waals surface area contributed by atoms with Gasteiger partial charge in [0.1, 0.15) is 0 Å². The molecule has 0 atom stereocenters. The molecule has 3 heterocycles. The van der Waals surface area contributed by atoms with Crippen molar-refractivity contribution in [3.8, 4) is 0 Å². The summed E-state index contributed by atoms with van der Waals surface area (Å²) in [5.74, 6) is 1.04. The molecule has 0 aliphatic rings. The van der Waals surface area contributed by atoms with Crippen molar-refractivity contribution in [2.75, 3.05) is 11.9 Å². The summed E-state index contributed by atoms with van der Waals surface area (Å²) in [4.78, 5) is 4.03. The molecule has 7 heteroatoms. The molecule has 120 valence electrons. The SMILES string of the molecule is CC(C)c1nnc2c(NCCCc3ccncc3)cc(Cl)nn12. The van der Waals surface area contributed by atoms with E-state index in [-0.39, 0.29) is 5.92 Å². The van der Waals surface area contributed by atoms with E-state index in [1.165, 1.54) is 5.56 Å². The maximum atomic E-state index is 6.13. The summed E-state index contributed by atoms with van der Waals surface area (Å²) in [6, 6.07) is 5.87. The lowest BCUT2D eigenvalue weighted by Gasteiger charge is -2.09. The topological polar surface area (TPSA) is 68.0 Å². The van der Waals surface area contributed by atoms with Crippen molar-refractivity contribution in [1.82, 2.24) is 24.8 Å². The largest absolute Gasteiger partial charge is 0.382 e. The van der Waals surface area contributed by atoms with Gasteiger partial charge in [0, 0.05) is 30.9 Å². The summed E-state index contributed by atoms with van der Waals surface area (Å²) in [6.45, 7) is 4.93. The van der Waals surface area contributed by atoms with Gasteiger partial charge in [-0.15, -0.1) is 10.2 Å². The van der Waals surface area contributed by atoms with Crippen molar-refractivity contribution in [2.45, 2.75) is 32.6 Å². The van der Waals surface area contributed by atoms with Crippen LogP contribution in [0.5, 0.6) is 0 Å². The summed E-state index contributed by atoms with van der Waals surface area (Å²) in [6.07, 6.45) is 5.63. The number of hydrogen-bond acceptors (Lipinski definition) is 5. The fourth-order valence-electron chi connectivity index (χ4n) is 2.42. The Morgan fingerprint density at radius 2 is 2.00 bits per heavy atom. The lowest BCUT2D eigenvalue weighted by molar-refractivity contribution is 0.721. The molecule has 0 fully saturated rings. The lowest BCUT2D eigenvalue weighted by Crippen LogP contribution is -2.07. The first-order valence-electron chi connectivity index (χ1n) is 7.70. The number of anilines is 1. The molecule has 0 unspecified atom stereocenters. The van der Waals surface area contributed by atoms with Crippen LogP contribution in [0.1, 0.15) is 37.6 Å². The highest BCUT2D eigenvalue weighted by molar-refractivity contribution is 6.29. The zero-order valence-corrected chi connectivity index (χ0v) is 14.0. The molecule has 6 nitrogen and oxygen atoms in total. The third kappa shape index (κ3) is 3.59. The van der Waals surface area contributed by atoms with Gasteiger partial charge >= 0.3 is 0 Å². The molecule has 3 aromatic heterocycles. The summed E-state index contributed by atoms with van der Waals surface area (Å²) in [7, 11) is 0. The van der Waals surface area contributed by atoms with Crippen LogP contribution >= 0.6 is 11.6 Å². The first kappa shape index (κ1) is 15.7. The fraction of sp³-hybridized carbons (Fsp3) is 0.375. The zero-order valence-electron chi connectivity index (χ0n) is 13.2. The molecule has 0 aromatic carbocycles. The maximum absolute atomic E-state index is 6.13. The van der Waals surface area contributed by atoms with E-state index in [1.807, 2.05) is 24.5 Å². The van der Waals surface area contributed by atoms with Gasteiger partial charge in [0.15, 0.2) is 11.0 Å².